The number of nitrogens with one attached hydrogen (secondary N) is 1. The topological polar surface area (TPSA) is 41.6 Å². The third-order valence-electron chi connectivity index (χ3n) is 3.93. The lowest BCUT2D eigenvalue weighted by atomic mass is 10.2. The van der Waals surface area contributed by atoms with Crippen molar-refractivity contribution in [2.75, 3.05) is 19.7 Å². The molecule has 0 fully saturated rings. The molecular formula is C20H26N2O2. The first-order valence-electron chi connectivity index (χ1n) is 8.47. The van der Waals surface area contributed by atoms with Crippen LogP contribution in [0.3, 0.4) is 0 Å². The van der Waals surface area contributed by atoms with Crippen LogP contribution in [-0.4, -0.2) is 30.5 Å². The molecule has 0 aliphatic rings. The minimum Gasteiger partial charge on any atom is -0.483 e. The second-order valence-electron chi connectivity index (χ2n) is 5.55. The quantitative estimate of drug-likeness (QED) is 0.769. The minimum atomic E-state index is 0.0204. The lowest BCUT2D eigenvalue weighted by Gasteiger charge is -2.19. The molecule has 0 radical (unpaired) electrons. The van der Waals surface area contributed by atoms with Crippen LogP contribution in [0.25, 0.3) is 0 Å². The number of carbonyl (C=O) groups is 1. The fraction of sp³-hybridized carbons (Fsp3) is 0.350. The Hall–Kier alpha value is -2.33. The molecule has 1 N–H and O–H groups in total. The van der Waals surface area contributed by atoms with Crippen LogP contribution in [0.5, 0.6) is 5.75 Å². The summed E-state index contributed by atoms with van der Waals surface area (Å²) in [6.07, 6.45) is 0. The summed E-state index contributed by atoms with van der Waals surface area (Å²) in [5, 5.41) is 3.42. The highest BCUT2D eigenvalue weighted by atomic mass is 16.5. The van der Waals surface area contributed by atoms with Crippen LogP contribution in [0.1, 0.15) is 25.0 Å². The molecule has 2 rings (SSSR count). The van der Waals surface area contributed by atoms with E-state index < -0.39 is 0 Å². The van der Waals surface area contributed by atoms with Gasteiger partial charge in [-0.3, -0.25) is 4.79 Å². The van der Waals surface area contributed by atoms with Gasteiger partial charge in [0.25, 0.3) is 5.91 Å². The molecule has 0 unspecified atom stereocenters. The molecule has 4 nitrogen and oxygen atoms in total. The number of para-hydroxylation sites is 1. The largest absolute Gasteiger partial charge is 0.483 e. The molecule has 24 heavy (non-hydrogen) atoms. The maximum atomic E-state index is 12.1. The van der Waals surface area contributed by atoms with Crippen molar-refractivity contribution in [3.05, 3.63) is 65.7 Å². The summed E-state index contributed by atoms with van der Waals surface area (Å²) in [7, 11) is 0. The summed E-state index contributed by atoms with van der Waals surface area (Å²) in [6.45, 7) is 6.94. The van der Waals surface area contributed by atoms with Crippen molar-refractivity contribution in [1.82, 2.24) is 10.2 Å². The molecule has 2 aromatic rings. The maximum Gasteiger partial charge on any atom is 0.260 e. The first kappa shape index (κ1) is 18.0. The normalized spacial score (nSPS) is 10.4. The lowest BCUT2D eigenvalue weighted by Crippen LogP contribution is -2.34. The first-order chi connectivity index (χ1) is 11.7. The molecule has 1 amide bonds. The molecule has 2 aromatic carbocycles. The highest BCUT2D eigenvalue weighted by molar-refractivity contribution is 5.77. The molecule has 0 atom stereocenters. The zero-order chi connectivity index (χ0) is 17.2. The van der Waals surface area contributed by atoms with Crippen molar-refractivity contribution in [3.8, 4) is 5.75 Å². The molecular weight excluding hydrogens is 300 g/mol. The number of amides is 1. The van der Waals surface area contributed by atoms with Gasteiger partial charge in [-0.15, -0.1) is 0 Å². The van der Waals surface area contributed by atoms with E-state index in [0.717, 1.165) is 17.9 Å². The Balaban J connectivity index is 1.89. The molecule has 0 saturated carbocycles. The second-order valence-corrected chi connectivity index (χ2v) is 5.55. The van der Waals surface area contributed by atoms with E-state index in [4.69, 9.17) is 4.74 Å². The van der Waals surface area contributed by atoms with Crippen molar-refractivity contribution in [2.45, 2.75) is 26.9 Å². The van der Waals surface area contributed by atoms with Gasteiger partial charge in [-0.05, 0) is 25.5 Å². The summed E-state index contributed by atoms with van der Waals surface area (Å²) in [4.78, 5) is 13.8. The second kappa shape index (κ2) is 9.73. The summed E-state index contributed by atoms with van der Waals surface area (Å²) in [5.74, 6) is 0.783. The van der Waals surface area contributed by atoms with Gasteiger partial charge in [-0.1, -0.05) is 48.5 Å². The lowest BCUT2D eigenvalue weighted by molar-refractivity contribution is -0.132. The summed E-state index contributed by atoms with van der Waals surface area (Å²) in [5.41, 5.74) is 2.30. The van der Waals surface area contributed by atoms with Gasteiger partial charge in [0.1, 0.15) is 5.75 Å². The SMILES string of the molecule is CCN(CC)C(=O)COc1ccccc1CNCc1ccccc1. The van der Waals surface area contributed by atoms with E-state index in [2.05, 4.69) is 17.4 Å². The van der Waals surface area contributed by atoms with Crippen molar-refractivity contribution in [2.24, 2.45) is 0 Å². The average Bonchev–Trinajstić information content (AvgIpc) is 2.63. The van der Waals surface area contributed by atoms with Crippen LogP contribution in [0.2, 0.25) is 0 Å². The van der Waals surface area contributed by atoms with Gasteiger partial charge in [0.2, 0.25) is 0 Å². The Morgan fingerprint density at radius 2 is 1.62 bits per heavy atom. The van der Waals surface area contributed by atoms with Gasteiger partial charge in [0.05, 0.1) is 0 Å². The Labute approximate surface area is 144 Å². The van der Waals surface area contributed by atoms with Crippen molar-refractivity contribution < 1.29 is 9.53 Å². The first-order valence-corrected chi connectivity index (χ1v) is 8.47. The Kier molecular flexibility index (Phi) is 7.30. The summed E-state index contributed by atoms with van der Waals surface area (Å²) >= 11 is 0. The Morgan fingerprint density at radius 1 is 0.958 bits per heavy atom. The van der Waals surface area contributed by atoms with E-state index in [0.29, 0.717) is 19.6 Å². The van der Waals surface area contributed by atoms with Crippen LogP contribution in [-0.2, 0) is 17.9 Å². The molecule has 0 bridgehead atoms. The van der Waals surface area contributed by atoms with Gasteiger partial charge in [-0.2, -0.15) is 0 Å². The standard InChI is InChI=1S/C20H26N2O2/c1-3-22(4-2)20(23)16-24-19-13-9-8-12-18(19)15-21-14-17-10-6-5-7-11-17/h5-13,21H,3-4,14-16H2,1-2H3. The molecule has 0 heterocycles. The minimum absolute atomic E-state index is 0.0204. The number of hydrogen-bond donors (Lipinski definition) is 1. The van der Waals surface area contributed by atoms with Crippen molar-refractivity contribution in [1.29, 1.82) is 0 Å². The molecule has 0 aromatic heterocycles. The smallest absolute Gasteiger partial charge is 0.260 e. The van der Waals surface area contributed by atoms with Crippen molar-refractivity contribution >= 4 is 5.91 Å². The summed E-state index contributed by atoms with van der Waals surface area (Å²) in [6, 6.07) is 18.1. The number of hydrogen-bond acceptors (Lipinski definition) is 3. The van der Waals surface area contributed by atoms with E-state index in [-0.39, 0.29) is 12.5 Å². The number of nitrogens with zero attached hydrogens (tertiary/aromatic N) is 1. The number of rotatable bonds is 9. The zero-order valence-electron chi connectivity index (χ0n) is 14.5. The number of benzene rings is 2. The number of likely N-dealkylation sites (N-methyl/N-ethyl adjacent to an activating group) is 1. The zero-order valence-corrected chi connectivity index (χ0v) is 14.5. The molecule has 128 valence electrons. The van der Waals surface area contributed by atoms with E-state index in [1.165, 1.54) is 5.56 Å². The predicted molar refractivity (Wildman–Crippen MR) is 96.9 cm³/mol. The van der Waals surface area contributed by atoms with Crippen LogP contribution in [0.4, 0.5) is 0 Å². The van der Waals surface area contributed by atoms with E-state index in [1.54, 1.807) is 4.90 Å². The average molecular weight is 326 g/mol. The van der Waals surface area contributed by atoms with Gasteiger partial charge < -0.3 is 15.0 Å². The van der Waals surface area contributed by atoms with Gasteiger partial charge in [0.15, 0.2) is 6.61 Å². The van der Waals surface area contributed by atoms with Crippen molar-refractivity contribution in [3.63, 3.8) is 0 Å². The highest BCUT2D eigenvalue weighted by Gasteiger charge is 2.11. The highest BCUT2D eigenvalue weighted by Crippen LogP contribution is 2.18. The Bertz CT molecular complexity index is 625. The van der Waals surface area contributed by atoms with Crippen LogP contribution in [0.15, 0.2) is 54.6 Å². The van der Waals surface area contributed by atoms with E-state index >= 15 is 0 Å². The van der Waals surface area contributed by atoms with E-state index in [1.807, 2.05) is 56.3 Å². The molecule has 0 aliphatic heterocycles. The van der Waals surface area contributed by atoms with Crippen LogP contribution >= 0.6 is 0 Å². The molecule has 0 saturated heterocycles. The molecule has 0 aliphatic carbocycles. The monoisotopic (exact) mass is 326 g/mol. The fourth-order valence-electron chi connectivity index (χ4n) is 2.54. The van der Waals surface area contributed by atoms with Crippen LogP contribution in [0, 0.1) is 0 Å². The van der Waals surface area contributed by atoms with Gasteiger partial charge >= 0.3 is 0 Å². The predicted octanol–water partition coefficient (Wildman–Crippen LogP) is 3.22. The third-order valence-corrected chi connectivity index (χ3v) is 3.93. The van der Waals surface area contributed by atoms with E-state index in [9.17, 15) is 4.79 Å². The van der Waals surface area contributed by atoms with Gasteiger partial charge in [0, 0.05) is 31.7 Å². The number of ether oxygens (including phenoxy) is 1. The fourth-order valence-corrected chi connectivity index (χ4v) is 2.54. The molecule has 4 heteroatoms. The maximum absolute atomic E-state index is 12.1. The number of carbonyl (C=O) groups excluding carboxylic acids is 1. The third kappa shape index (κ3) is 5.39. The van der Waals surface area contributed by atoms with Gasteiger partial charge in [-0.25, -0.2) is 0 Å². The summed E-state index contributed by atoms with van der Waals surface area (Å²) < 4.78 is 5.76. The Morgan fingerprint density at radius 3 is 2.33 bits per heavy atom. The molecule has 0 spiro atoms. The van der Waals surface area contributed by atoms with Crippen LogP contribution < -0.4 is 10.1 Å².